The van der Waals surface area contributed by atoms with Crippen molar-refractivity contribution >= 4 is 28.6 Å². The largest absolute Gasteiger partial charge is 0.497 e. The highest BCUT2D eigenvalue weighted by atomic mass is 32.2. The number of ether oxygens (including phenoxy) is 2. The number of thiol groups is 1. The number of sulfonamides is 1. The van der Waals surface area contributed by atoms with E-state index in [0.717, 1.165) is 12.0 Å². The molecule has 3 rings (SSSR count). The number of benzene rings is 2. The average molecular weight is 493 g/mol. The van der Waals surface area contributed by atoms with Gasteiger partial charge in [-0.3, -0.25) is 0 Å². The van der Waals surface area contributed by atoms with Crippen molar-refractivity contribution in [2.45, 2.75) is 62.5 Å². The Morgan fingerprint density at radius 2 is 1.70 bits per heavy atom. The smallest absolute Gasteiger partial charge is 0.367 e. The van der Waals surface area contributed by atoms with Crippen LogP contribution in [0.2, 0.25) is 0 Å². The SMILES string of the molecule is COc1ccc(S(=O)(=O)[N+]2(CS)CCCCC(c3ccccc3)C2C(=O)OC(C)(C)C)cc1. The van der Waals surface area contributed by atoms with Gasteiger partial charge < -0.3 is 9.47 Å². The van der Waals surface area contributed by atoms with Crippen molar-refractivity contribution in [1.29, 1.82) is 0 Å². The second-order valence-electron chi connectivity index (χ2n) is 9.46. The lowest BCUT2D eigenvalue weighted by Gasteiger charge is -2.42. The molecule has 0 saturated carbocycles. The molecule has 2 aromatic rings. The molecule has 180 valence electrons. The van der Waals surface area contributed by atoms with E-state index >= 15 is 0 Å². The van der Waals surface area contributed by atoms with Crippen LogP contribution in [-0.2, 0) is 19.6 Å². The quantitative estimate of drug-likeness (QED) is 0.358. The molecule has 0 N–H and O–H groups in total. The van der Waals surface area contributed by atoms with Crippen molar-refractivity contribution in [3.8, 4) is 5.75 Å². The summed E-state index contributed by atoms with van der Waals surface area (Å²) in [5, 5.41) is 0. The van der Waals surface area contributed by atoms with E-state index in [1.54, 1.807) is 32.9 Å². The van der Waals surface area contributed by atoms with E-state index in [-0.39, 0.29) is 23.2 Å². The van der Waals surface area contributed by atoms with E-state index < -0.39 is 31.5 Å². The van der Waals surface area contributed by atoms with Crippen LogP contribution in [0.3, 0.4) is 0 Å². The summed E-state index contributed by atoms with van der Waals surface area (Å²) in [6, 6.07) is 15.0. The van der Waals surface area contributed by atoms with Crippen LogP contribution in [0.1, 0.15) is 51.5 Å². The van der Waals surface area contributed by atoms with Crippen LogP contribution in [0, 0.1) is 0 Å². The first-order chi connectivity index (χ1) is 15.6. The maximum Gasteiger partial charge on any atom is 0.367 e. The third-order valence-corrected chi connectivity index (χ3v) is 9.20. The van der Waals surface area contributed by atoms with Crippen molar-refractivity contribution in [3.05, 3.63) is 60.2 Å². The molecule has 0 aromatic heterocycles. The molecule has 6 nitrogen and oxygen atoms in total. The lowest BCUT2D eigenvalue weighted by Crippen LogP contribution is -2.63. The number of nitrogens with zero attached hydrogens (tertiary/aromatic N) is 1. The van der Waals surface area contributed by atoms with Gasteiger partial charge in [0, 0.05) is 5.92 Å². The zero-order valence-electron chi connectivity index (χ0n) is 19.7. The average Bonchev–Trinajstić information content (AvgIpc) is 2.99. The summed E-state index contributed by atoms with van der Waals surface area (Å²) in [5.41, 5.74) is 0.185. The number of methoxy groups -OCH3 is 1. The van der Waals surface area contributed by atoms with Gasteiger partial charge >= 0.3 is 16.0 Å². The van der Waals surface area contributed by atoms with Gasteiger partial charge in [-0.25, -0.2) is 4.79 Å². The Morgan fingerprint density at radius 1 is 1.06 bits per heavy atom. The number of hydrogen-bond donors (Lipinski definition) is 1. The third kappa shape index (κ3) is 5.23. The van der Waals surface area contributed by atoms with Crippen molar-refractivity contribution in [2.75, 3.05) is 19.5 Å². The maximum atomic E-state index is 14.2. The molecule has 0 spiro atoms. The Labute approximate surface area is 203 Å². The Morgan fingerprint density at radius 3 is 2.24 bits per heavy atom. The van der Waals surface area contributed by atoms with Gasteiger partial charge in [0.05, 0.1) is 13.7 Å². The van der Waals surface area contributed by atoms with Gasteiger partial charge in [-0.1, -0.05) is 30.3 Å². The monoisotopic (exact) mass is 492 g/mol. The van der Waals surface area contributed by atoms with Crippen molar-refractivity contribution < 1.29 is 26.6 Å². The van der Waals surface area contributed by atoms with Gasteiger partial charge in [-0.05, 0) is 69.9 Å². The van der Waals surface area contributed by atoms with Crippen LogP contribution in [0.4, 0.5) is 0 Å². The molecule has 1 heterocycles. The highest BCUT2D eigenvalue weighted by Gasteiger charge is 2.57. The van der Waals surface area contributed by atoms with E-state index in [0.29, 0.717) is 18.6 Å². The number of carbonyl (C=O) groups excluding carboxylic acids is 1. The summed E-state index contributed by atoms with van der Waals surface area (Å²) >= 11 is 4.56. The molecule has 8 heteroatoms. The van der Waals surface area contributed by atoms with Crippen LogP contribution in [-0.4, -0.2) is 49.4 Å². The number of quaternary nitrogens is 1. The molecule has 0 bridgehead atoms. The highest BCUT2D eigenvalue weighted by molar-refractivity contribution is 7.87. The van der Waals surface area contributed by atoms with E-state index in [9.17, 15) is 13.2 Å². The van der Waals surface area contributed by atoms with Crippen LogP contribution in [0.25, 0.3) is 0 Å². The molecule has 0 amide bonds. The minimum absolute atomic E-state index is 0.0401. The summed E-state index contributed by atoms with van der Waals surface area (Å²) in [6.07, 6.45) is 2.17. The Balaban J connectivity index is 2.22. The number of esters is 1. The van der Waals surface area contributed by atoms with E-state index in [2.05, 4.69) is 12.6 Å². The number of hydrogen-bond acceptors (Lipinski definition) is 6. The number of rotatable bonds is 6. The Hall–Kier alpha value is -2.03. The fraction of sp³-hybridized carbons (Fsp3) is 0.480. The van der Waals surface area contributed by atoms with Gasteiger partial charge in [0.1, 0.15) is 22.1 Å². The summed E-state index contributed by atoms with van der Waals surface area (Å²) in [6.45, 7) is 5.68. The molecule has 3 atom stereocenters. The summed E-state index contributed by atoms with van der Waals surface area (Å²) in [5.74, 6) is -0.303. The molecule has 3 unspecified atom stereocenters. The highest BCUT2D eigenvalue weighted by Crippen LogP contribution is 2.42. The molecule has 1 aliphatic rings. The maximum absolute atomic E-state index is 14.2. The minimum Gasteiger partial charge on any atom is -0.497 e. The van der Waals surface area contributed by atoms with Crippen molar-refractivity contribution in [2.24, 2.45) is 0 Å². The first-order valence-corrected chi connectivity index (χ1v) is 13.3. The predicted octanol–water partition coefficient (Wildman–Crippen LogP) is 4.77. The fourth-order valence-corrected chi connectivity index (χ4v) is 7.33. The first kappa shape index (κ1) is 25.6. The van der Waals surface area contributed by atoms with Gasteiger partial charge in [0.25, 0.3) is 0 Å². The molecular weight excluding hydrogens is 458 g/mol. The van der Waals surface area contributed by atoms with Crippen LogP contribution < -0.4 is 4.74 Å². The van der Waals surface area contributed by atoms with E-state index in [1.165, 1.54) is 19.2 Å². The van der Waals surface area contributed by atoms with Crippen LogP contribution in [0.5, 0.6) is 5.75 Å². The van der Waals surface area contributed by atoms with E-state index in [1.807, 2.05) is 30.3 Å². The molecule has 0 aliphatic carbocycles. The molecule has 1 fully saturated rings. The first-order valence-electron chi connectivity index (χ1n) is 11.2. The lowest BCUT2D eigenvalue weighted by atomic mass is 9.87. The van der Waals surface area contributed by atoms with Gasteiger partial charge in [0.2, 0.25) is 6.04 Å². The summed E-state index contributed by atoms with van der Waals surface area (Å²) < 4.78 is 39.0. The second kappa shape index (κ2) is 10.1. The van der Waals surface area contributed by atoms with Gasteiger partial charge in [0.15, 0.2) is 0 Å². The predicted molar refractivity (Wildman–Crippen MR) is 132 cm³/mol. The zero-order chi connectivity index (χ0) is 24.3. The zero-order valence-corrected chi connectivity index (χ0v) is 21.4. The van der Waals surface area contributed by atoms with Crippen molar-refractivity contribution in [1.82, 2.24) is 0 Å². The summed E-state index contributed by atoms with van der Waals surface area (Å²) in [7, 11) is -2.48. The molecule has 33 heavy (non-hydrogen) atoms. The minimum atomic E-state index is -4.01. The van der Waals surface area contributed by atoms with E-state index in [4.69, 9.17) is 9.47 Å². The van der Waals surface area contributed by atoms with Crippen LogP contribution in [0.15, 0.2) is 59.5 Å². The van der Waals surface area contributed by atoms with Gasteiger partial charge in [-0.2, -0.15) is 12.3 Å². The third-order valence-electron chi connectivity index (χ3n) is 6.14. The number of carbonyl (C=O) groups is 1. The summed E-state index contributed by atoms with van der Waals surface area (Å²) in [4.78, 5) is 13.9. The Bertz CT molecular complexity index is 1050. The van der Waals surface area contributed by atoms with Crippen LogP contribution >= 0.6 is 12.6 Å². The topological polar surface area (TPSA) is 69.7 Å². The van der Waals surface area contributed by atoms with Crippen molar-refractivity contribution in [3.63, 3.8) is 0 Å². The normalized spacial score (nSPS) is 24.0. The molecule has 1 aliphatic heterocycles. The second-order valence-corrected chi connectivity index (χ2v) is 11.9. The lowest BCUT2D eigenvalue weighted by molar-refractivity contribution is -0.811. The molecule has 1 saturated heterocycles. The fourth-order valence-electron chi connectivity index (χ4n) is 4.60. The molecular formula is C25H34NO5S2+. The van der Waals surface area contributed by atoms with Gasteiger partial charge in [-0.15, -0.1) is 12.6 Å². The standard InChI is InChI=1S/C25H33NO5S2/c1-25(2,3)31-24(27)23-22(19-10-6-5-7-11-19)12-8-9-17-26(23,18-32)33(28,29)21-15-13-20(30-4)14-16-21/h5-7,10-11,13-16,22-23H,8-9,12,17-18H2,1-4H3/p+1. The molecule has 2 aromatic carbocycles. The number of likely N-dealkylation sites (tertiary alicyclic amines) is 1. The molecule has 0 radical (unpaired) electrons. The Kier molecular flexibility index (Phi) is 7.81.